The Balaban J connectivity index is 1.84. The molecule has 0 spiro atoms. The Morgan fingerprint density at radius 1 is 0.885 bits per heavy atom. The summed E-state index contributed by atoms with van der Waals surface area (Å²) in [6.45, 7) is 0. The first-order valence-corrected chi connectivity index (χ1v) is 8.40. The lowest BCUT2D eigenvalue weighted by Gasteiger charge is -2.10. The maximum Gasteiger partial charge on any atom is 0.161 e. The molecule has 0 amide bonds. The molecule has 0 fully saturated rings. The molecule has 0 atom stereocenters. The van der Waals surface area contributed by atoms with Crippen molar-refractivity contribution < 1.29 is 9.47 Å². The summed E-state index contributed by atoms with van der Waals surface area (Å²) >= 11 is 6.13. The highest BCUT2D eigenvalue weighted by Crippen LogP contribution is 2.32. The third kappa shape index (κ3) is 2.86. The second-order valence-corrected chi connectivity index (χ2v) is 6.15. The van der Waals surface area contributed by atoms with E-state index in [0.29, 0.717) is 16.5 Å². The fourth-order valence-corrected chi connectivity index (χ4v) is 3.06. The monoisotopic (exact) mass is 365 g/mol. The van der Waals surface area contributed by atoms with Crippen LogP contribution in [0.1, 0.15) is 0 Å². The van der Waals surface area contributed by atoms with Gasteiger partial charge in [0.05, 0.1) is 31.8 Å². The standard InChI is InChI=1S/C20H16ClN3O2/c1-25-18-8-6-13(11-19(18)26-2)16-7-9-20-22-12-17(24(20)23-16)14-4-3-5-15(21)10-14/h3-12H,1-2H3. The molecular weight excluding hydrogens is 350 g/mol. The molecule has 130 valence electrons. The van der Waals surface area contributed by atoms with Gasteiger partial charge in [-0.2, -0.15) is 5.10 Å². The van der Waals surface area contributed by atoms with Gasteiger partial charge in [-0.1, -0.05) is 23.7 Å². The number of nitrogens with zero attached hydrogens (tertiary/aromatic N) is 3. The van der Waals surface area contributed by atoms with Gasteiger partial charge in [-0.05, 0) is 42.5 Å². The smallest absolute Gasteiger partial charge is 0.161 e. The lowest BCUT2D eigenvalue weighted by atomic mass is 10.1. The molecule has 0 bridgehead atoms. The molecule has 0 saturated heterocycles. The van der Waals surface area contributed by atoms with Crippen LogP contribution in [0, 0.1) is 0 Å². The minimum Gasteiger partial charge on any atom is -0.493 e. The number of aromatic nitrogens is 3. The molecular formula is C20H16ClN3O2. The quantitative estimate of drug-likeness (QED) is 0.524. The van der Waals surface area contributed by atoms with Gasteiger partial charge in [-0.3, -0.25) is 0 Å². The van der Waals surface area contributed by atoms with Crippen LogP contribution in [0.5, 0.6) is 11.5 Å². The van der Waals surface area contributed by atoms with Gasteiger partial charge < -0.3 is 9.47 Å². The Kier molecular flexibility index (Phi) is 4.22. The maximum atomic E-state index is 6.13. The molecule has 26 heavy (non-hydrogen) atoms. The van der Waals surface area contributed by atoms with Crippen LogP contribution < -0.4 is 9.47 Å². The van der Waals surface area contributed by atoms with Crippen LogP contribution in [0.4, 0.5) is 0 Å². The molecule has 0 saturated carbocycles. The van der Waals surface area contributed by atoms with E-state index in [-0.39, 0.29) is 0 Å². The molecule has 0 radical (unpaired) electrons. The number of halogens is 1. The molecule has 0 aliphatic heterocycles. The largest absolute Gasteiger partial charge is 0.493 e. The minimum atomic E-state index is 0.660. The predicted octanol–water partition coefficient (Wildman–Crippen LogP) is 4.73. The zero-order chi connectivity index (χ0) is 18.1. The van der Waals surface area contributed by atoms with Gasteiger partial charge in [0.1, 0.15) is 0 Å². The second kappa shape index (κ2) is 6.69. The first-order chi connectivity index (χ1) is 12.7. The van der Waals surface area contributed by atoms with Gasteiger partial charge >= 0.3 is 0 Å². The molecule has 2 aromatic heterocycles. The SMILES string of the molecule is COc1ccc(-c2ccc3ncc(-c4cccc(Cl)c4)n3n2)cc1OC. The highest BCUT2D eigenvalue weighted by molar-refractivity contribution is 6.30. The van der Waals surface area contributed by atoms with Crippen molar-refractivity contribution in [2.45, 2.75) is 0 Å². The number of benzene rings is 2. The van der Waals surface area contributed by atoms with Crippen molar-refractivity contribution in [1.29, 1.82) is 0 Å². The summed E-state index contributed by atoms with van der Waals surface area (Å²) in [6, 6.07) is 17.2. The van der Waals surface area contributed by atoms with Gasteiger partial charge in [0.15, 0.2) is 17.1 Å². The molecule has 2 aromatic carbocycles. The average Bonchev–Trinajstić information content (AvgIpc) is 3.10. The van der Waals surface area contributed by atoms with Crippen molar-refractivity contribution in [2.24, 2.45) is 0 Å². The molecule has 4 aromatic rings. The van der Waals surface area contributed by atoms with Crippen LogP contribution in [0.25, 0.3) is 28.2 Å². The zero-order valence-electron chi connectivity index (χ0n) is 14.3. The van der Waals surface area contributed by atoms with Crippen molar-refractivity contribution >= 4 is 17.2 Å². The van der Waals surface area contributed by atoms with E-state index in [1.54, 1.807) is 20.4 Å². The van der Waals surface area contributed by atoms with Crippen molar-refractivity contribution in [2.75, 3.05) is 14.2 Å². The normalized spacial score (nSPS) is 10.9. The number of fused-ring (bicyclic) bond motifs is 1. The number of methoxy groups -OCH3 is 2. The summed E-state index contributed by atoms with van der Waals surface area (Å²) in [5.74, 6) is 1.34. The van der Waals surface area contributed by atoms with Crippen LogP contribution in [-0.4, -0.2) is 28.8 Å². The number of rotatable bonds is 4. The summed E-state index contributed by atoms with van der Waals surface area (Å²) in [5.41, 5.74) is 4.34. The predicted molar refractivity (Wildman–Crippen MR) is 102 cm³/mol. The fraction of sp³-hybridized carbons (Fsp3) is 0.100. The summed E-state index contributed by atoms with van der Waals surface area (Å²) in [5, 5.41) is 5.43. The number of hydrogen-bond acceptors (Lipinski definition) is 4. The van der Waals surface area contributed by atoms with E-state index in [4.69, 9.17) is 26.2 Å². The zero-order valence-corrected chi connectivity index (χ0v) is 15.1. The summed E-state index contributed by atoms with van der Waals surface area (Å²) in [6.07, 6.45) is 1.80. The van der Waals surface area contributed by atoms with E-state index < -0.39 is 0 Å². The number of ether oxygens (including phenoxy) is 2. The van der Waals surface area contributed by atoms with E-state index >= 15 is 0 Å². The minimum absolute atomic E-state index is 0.660. The Bertz CT molecular complexity index is 1090. The van der Waals surface area contributed by atoms with Gasteiger partial charge in [0.2, 0.25) is 0 Å². The van der Waals surface area contributed by atoms with E-state index in [9.17, 15) is 0 Å². The van der Waals surface area contributed by atoms with E-state index in [2.05, 4.69) is 4.98 Å². The summed E-state index contributed by atoms with van der Waals surface area (Å²) in [7, 11) is 3.23. The Morgan fingerprint density at radius 2 is 1.73 bits per heavy atom. The van der Waals surface area contributed by atoms with E-state index in [1.807, 2.05) is 59.1 Å². The second-order valence-electron chi connectivity index (χ2n) is 5.71. The van der Waals surface area contributed by atoms with Crippen molar-refractivity contribution in [3.63, 3.8) is 0 Å². The van der Waals surface area contributed by atoms with Crippen LogP contribution in [0.15, 0.2) is 60.8 Å². The van der Waals surface area contributed by atoms with Gasteiger partial charge in [-0.25, -0.2) is 9.50 Å². The summed E-state index contributed by atoms with van der Waals surface area (Å²) < 4.78 is 12.5. The van der Waals surface area contributed by atoms with Gasteiger partial charge in [0.25, 0.3) is 0 Å². The maximum absolute atomic E-state index is 6.13. The fourth-order valence-electron chi connectivity index (χ4n) is 2.87. The van der Waals surface area contributed by atoms with Crippen LogP contribution in [0.3, 0.4) is 0 Å². The van der Waals surface area contributed by atoms with Gasteiger partial charge in [-0.15, -0.1) is 0 Å². The first-order valence-electron chi connectivity index (χ1n) is 8.03. The van der Waals surface area contributed by atoms with Crippen molar-refractivity contribution in [3.05, 3.63) is 65.8 Å². The lowest BCUT2D eigenvalue weighted by Crippen LogP contribution is -1.97. The van der Waals surface area contributed by atoms with Crippen LogP contribution in [0.2, 0.25) is 5.02 Å². The van der Waals surface area contributed by atoms with Crippen molar-refractivity contribution in [3.8, 4) is 34.0 Å². The summed E-state index contributed by atoms with van der Waals surface area (Å²) in [4.78, 5) is 4.43. The van der Waals surface area contributed by atoms with Crippen LogP contribution >= 0.6 is 11.6 Å². The lowest BCUT2D eigenvalue weighted by molar-refractivity contribution is 0.355. The van der Waals surface area contributed by atoms with Crippen molar-refractivity contribution in [1.82, 2.24) is 14.6 Å². The Hall–Kier alpha value is -3.05. The Labute approximate surface area is 155 Å². The average molecular weight is 366 g/mol. The third-order valence-corrected chi connectivity index (χ3v) is 4.40. The topological polar surface area (TPSA) is 48.7 Å². The molecule has 0 aliphatic rings. The third-order valence-electron chi connectivity index (χ3n) is 4.16. The molecule has 0 aliphatic carbocycles. The van der Waals surface area contributed by atoms with Crippen LogP contribution in [-0.2, 0) is 0 Å². The van der Waals surface area contributed by atoms with Gasteiger partial charge in [0, 0.05) is 16.1 Å². The first kappa shape index (κ1) is 16.4. The highest BCUT2D eigenvalue weighted by Gasteiger charge is 2.11. The van der Waals surface area contributed by atoms with E-state index in [0.717, 1.165) is 28.2 Å². The molecule has 2 heterocycles. The molecule has 4 rings (SSSR count). The highest BCUT2D eigenvalue weighted by atomic mass is 35.5. The number of imidazole rings is 1. The Morgan fingerprint density at radius 3 is 2.50 bits per heavy atom. The number of hydrogen-bond donors (Lipinski definition) is 0. The molecule has 0 unspecified atom stereocenters. The molecule has 6 heteroatoms. The molecule has 5 nitrogen and oxygen atoms in total. The van der Waals surface area contributed by atoms with E-state index in [1.165, 1.54) is 0 Å². The molecule has 0 N–H and O–H groups in total.